The van der Waals surface area contributed by atoms with Gasteiger partial charge in [-0.05, 0) is 30.7 Å². The SMILES string of the molecule is COc1ccc(C(=O)NCCNCc2ccc(C)cc2)cc1OC. The van der Waals surface area contributed by atoms with Gasteiger partial charge < -0.3 is 20.1 Å². The van der Waals surface area contributed by atoms with Gasteiger partial charge in [0, 0.05) is 25.2 Å². The molecule has 24 heavy (non-hydrogen) atoms. The van der Waals surface area contributed by atoms with Crippen molar-refractivity contribution in [1.29, 1.82) is 0 Å². The second kappa shape index (κ2) is 8.93. The smallest absolute Gasteiger partial charge is 0.251 e. The van der Waals surface area contributed by atoms with Crippen molar-refractivity contribution in [1.82, 2.24) is 10.6 Å². The molecule has 0 bridgehead atoms. The van der Waals surface area contributed by atoms with Crippen LogP contribution in [0.2, 0.25) is 0 Å². The first-order valence-corrected chi connectivity index (χ1v) is 7.90. The second-order valence-corrected chi connectivity index (χ2v) is 5.49. The molecule has 0 saturated carbocycles. The molecule has 0 aliphatic rings. The molecule has 0 unspecified atom stereocenters. The minimum Gasteiger partial charge on any atom is -0.493 e. The normalized spacial score (nSPS) is 10.3. The number of nitrogens with one attached hydrogen (secondary N) is 2. The number of ether oxygens (including phenoxy) is 2. The van der Waals surface area contributed by atoms with E-state index in [1.54, 1.807) is 32.4 Å². The van der Waals surface area contributed by atoms with E-state index in [1.165, 1.54) is 11.1 Å². The molecular weight excluding hydrogens is 304 g/mol. The van der Waals surface area contributed by atoms with Gasteiger partial charge in [-0.2, -0.15) is 0 Å². The topological polar surface area (TPSA) is 59.6 Å². The third kappa shape index (κ3) is 4.99. The molecule has 0 saturated heterocycles. The second-order valence-electron chi connectivity index (χ2n) is 5.49. The molecule has 5 nitrogen and oxygen atoms in total. The summed E-state index contributed by atoms with van der Waals surface area (Å²) < 4.78 is 10.4. The lowest BCUT2D eigenvalue weighted by Gasteiger charge is -2.10. The van der Waals surface area contributed by atoms with Crippen molar-refractivity contribution in [3.8, 4) is 11.5 Å². The van der Waals surface area contributed by atoms with E-state index >= 15 is 0 Å². The van der Waals surface area contributed by atoms with Gasteiger partial charge in [-0.15, -0.1) is 0 Å². The number of methoxy groups -OCH3 is 2. The first kappa shape index (κ1) is 17.8. The van der Waals surface area contributed by atoms with Gasteiger partial charge >= 0.3 is 0 Å². The van der Waals surface area contributed by atoms with Crippen LogP contribution in [0.4, 0.5) is 0 Å². The van der Waals surface area contributed by atoms with E-state index in [-0.39, 0.29) is 5.91 Å². The monoisotopic (exact) mass is 328 g/mol. The van der Waals surface area contributed by atoms with Crippen LogP contribution in [0.3, 0.4) is 0 Å². The number of carbonyl (C=O) groups is 1. The van der Waals surface area contributed by atoms with Gasteiger partial charge in [0.2, 0.25) is 0 Å². The summed E-state index contributed by atoms with van der Waals surface area (Å²) in [4.78, 5) is 12.1. The van der Waals surface area contributed by atoms with Gasteiger partial charge in [0.15, 0.2) is 11.5 Å². The standard InChI is InChI=1S/C19H24N2O3/c1-14-4-6-15(7-5-14)13-20-10-11-21-19(22)16-8-9-17(23-2)18(12-16)24-3/h4-9,12,20H,10-11,13H2,1-3H3,(H,21,22). The number of carbonyl (C=O) groups excluding carboxylic acids is 1. The fourth-order valence-corrected chi connectivity index (χ4v) is 2.28. The van der Waals surface area contributed by atoms with Gasteiger partial charge in [-0.1, -0.05) is 29.8 Å². The molecule has 0 aliphatic heterocycles. The van der Waals surface area contributed by atoms with Gasteiger partial charge in [-0.25, -0.2) is 0 Å². The number of amides is 1. The predicted octanol–water partition coefficient (Wildman–Crippen LogP) is 2.53. The summed E-state index contributed by atoms with van der Waals surface area (Å²) in [5.74, 6) is 1.02. The highest BCUT2D eigenvalue weighted by Crippen LogP contribution is 2.27. The molecule has 0 atom stereocenters. The van der Waals surface area contributed by atoms with Crippen LogP contribution in [-0.4, -0.2) is 33.2 Å². The van der Waals surface area contributed by atoms with Gasteiger partial charge in [0.05, 0.1) is 14.2 Å². The van der Waals surface area contributed by atoms with Crippen molar-refractivity contribution in [2.24, 2.45) is 0 Å². The highest BCUT2D eigenvalue weighted by Gasteiger charge is 2.10. The number of aryl methyl sites for hydroxylation is 1. The van der Waals surface area contributed by atoms with E-state index < -0.39 is 0 Å². The van der Waals surface area contributed by atoms with Crippen molar-refractivity contribution in [3.63, 3.8) is 0 Å². The third-order valence-electron chi connectivity index (χ3n) is 3.68. The zero-order valence-electron chi connectivity index (χ0n) is 14.4. The summed E-state index contributed by atoms with van der Waals surface area (Å²) >= 11 is 0. The summed E-state index contributed by atoms with van der Waals surface area (Å²) in [7, 11) is 3.12. The minimum atomic E-state index is -0.131. The lowest BCUT2D eigenvalue weighted by atomic mass is 10.1. The van der Waals surface area contributed by atoms with Gasteiger partial charge in [-0.3, -0.25) is 4.79 Å². The van der Waals surface area contributed by atoms with Crippen LogP contribution in [0, 0.1) is 6.92 Å². The van der Waals surface area contributed by atoms with Gasteiger partial charge in [0.1, 0.15) is 0 Å². The fourth-order valence-electron chi connectivity index (χ4n) is 2.28. The lowest BCUT2D eigenvalue weighted by molar-refractivity contribution is 0.0953. The van der Waals surface area contributed by atoms with Crippen molar-refractivity contribution in [3.05, 3.63) is 59.2 Å². The van der Waals surface area contributed by atoms with E-state index in [0.717, 1.165) is 6.54 Å². The number of hydrogen-bond acceptors (Lipinski definition) is 4. The zero-order valence-corrected chi connectivity index (χ0v) is 14.4. The van der Waals surface area contributed by atoms with Crippen molar-refractivity contribution >= 4 is 5.91 Å². The van der Waals surface area contributed by atoms with Crippen LogP contribution in [0.15, 0.2) is 42.5 Å². The average Bonchev–Trinajstić information content (AvgIpc) is 2.62. The Morgan fingerprint density at radius 3 is 2.33 bits per heavy atom. The Morgan fingerprint density at radius 1 is 0.958 bits per heavy atom. The molecule has 5 heteroatoms. The van der Waals surface area contributed by atoms with Crippen molar-refractivity contribution in [2.75, 3.05) is 27.3 Å². The third-order valence-corrected chi connectivity index (χ3v) is 3.68. The summed E-state index contributed by atoms with van der Waals surface area (Å²) in [6.45, 7) is 4.11. The molecule has 2 aromatic rings. The first-order valence-electron chi connectivity index (χ1n) is 7.90. The first-order chi connectivity index (χ1) is 11.6. The zero-order chi connectivity index (χ0) is 17.4. The van der Waals surface area contributed by atoms with Crippen LogP contribution in [0.5, 0.6) is 11.5 Å². The van der Waals surface area contributed by atoms with E-state index in [4.69, 9.17) is 9.47 Å². The minimum absolute atomic E-state index is 0.131. The Labute approximate surface area is 143 Å². The van der Waals surface area contributed by atoms with E-state index in [9.17, 15) is 4.79 Å². The average molecular weight is 328 g/mol. The maximum Gasteiger partial charge on any atom is 0.251 e. The van der Waals surface area contributed by atoms with Crippen LogP contribution in [0.1, 0.15) is 21.5 Å². The molecule has 0 fully saturated rings. The number of hydrogen-bond donors (Lipinski definition) is 2. The fraction of sp³-hybridized carbons (Fsp3) is 0.316. The summed E-state index contributed by atoms with van der Waals surface area (Å²) in [6, 6.07) is 13.5. The largest absolute Gasteiger partial charge is 0.493 e. The molecule has 2 rings (SSSR count). The maximum atomic E-state index is 12.1. The molecule has 1 amide bonds. The maximum absolute atomic E-state index is 12.1. The van der Waals surface area contributed by atoms with Crippen molar-refractivity contribution < 1.29 is 14.3 Å². The summed E-state index contributed by atoms with van der Waals surface area (Å²) in [6.07, 6.45) is 0. The summed E-state index contributed by atoms with van der Waals surface area (Å²) in [5.41, 5.74) is 3.03. The van der Waals surface area contributed by atoms with Gasteiger partial charge in [0.25, 0.3) is 5.91 Å². The molecule has 128 valence electrons. The quantitative estimate of drug-likeness (QED) is 0.731. The summed E-state index contributed by atoms with van der Waals surface area (Å²) in [5, 5.41) is 6.19. The molecule has 0 radical (unpaired) electrons. The molecular formula is C19H24N2O3. The van der Waals surface area contributed by atoms with Crippen LogP contribution >= 0.6 is 0 Å². The number of benzene rings is 2. The Hall–Kier alpha value is -2.53. The van der Waals surface area contributed by atoms with Crippen molar-refractivity contribution in [2.45, 2.75) is 13.5 Å². The van der Waals surface area contributed by atoms with E-state index in [0.29, 0.717) is 30.2 Å². The number of rotatable bonds is 8. The molecule has 2 aromatic carbocycles. The Bertz CT molecular complexity index is 669. The Kier molecular flexibility index (Phi) is 6.63. The van der Waals surface area contributed by atoms with E-state index in [1.807, 2.05) is 0 Å². The predicted molar refractivity (Wildman–Crippen MR) is 94.8 cm³/mol. The van der Waals surface area contributed by atoms with Crippen LogP contribution in [0.25, 0.3) is 0 Å². The highest BCUT2D eigenvalue weighted by molar-refractivity contribution is 5.94. The van der Waals surface area contributed by atoms with E-state index in [2.05, 4.69) is 41.8 Å². The Morgan fingerprint density at radius 2 is 1.67 bits per heavy atom. The Balaban J connectivity index is 1.76. The molecule has 0 heterocycles. The molecule has 0 aromatic heterocycles. The molecule has 0 aliphatic carbocycles. The van der Waals surface area contributed by atoms with Crippen LogP contribution < -0.4 is 20.1 Å². The molecule has 2 N–H and O–H groups in total. The van der Waals surface area contributed by atoms with Crippen LogP contribution in [-0.2, 0) is 6.54 Å². The highest BCUT2D eigenvalue weighted by atomic mass is 16.5. The molecule has 0 spiro atoms. The lowest BCUT2D eigenvalue weighted by Crippen LogP contribution is -2.31.